The molecule has 0 aliphatic carbocycles. The van der Waals surface area contributed by atoms with Crippen molar-refractivity contribution in [3.05, 3.63) is 81.9 Å². The molecule has 4 aromatic rings. The summed E-state index contributed by atoms with van der Waals surface area (Å²) >= 11 is 0. The van der Waals surface area contributed by atoms with Gasteiger partial charge in [0.25, 0.3) is 0 Å². The molecule has 53 heavy (non-hydrogen) atoms. The maximum absolute atomic E-state index is 12.2. The molecule has 14 N–H and O–H groups in total. The summed E-state index contributed by atoms with van der Waals surface area (Å²) < 4.78 is 17.9. The van der Waals surface area contributed by atoms with Crippen LogP contribution in [-0.2, 0) is 11.2 Å². The van der Waals surface area contributed by atoms with E-state index in [4.69, 9.17) is 14.2 Å². The number of benzene rings is 4. The van der Waals surface area contributed by atoms with Crippen LogP contribution in [0.2, 0.25) is 0 Å². The summed E-state index contributed by atoms with van der Waals surface area (Å²) in [5.41, 5.74) is -1.02. The van der Waals surface area contributed by atoms with Crippen molar-refractivity contribution in [1.29, 1.82) is 0 Å². The molecule has 4 aromatic carbocycles. The second kappa shape index (κ2) is 13.2. The molecular weight excluding hydrogens is 704 g/mol. The van der Waals surface area contributed by atoms with E-state index in [9.17, 15) is 71.5 Å². The summed E-state index contributed by atoms with van der Waals surface area (Å²) in [6.45, 7) is -0.837. The minimum Gasteiger partial charge on any atom is -0.507 e. The topological polar surface area (TPSA) is 311 Å². The van der Waals surface area contributed by atoms with E-state index in [-0.39, 0.29) is 45.7 Å². The normalized spacial score (nSPS) is 29.4. The van der Waals surface area contributed by atoms with Crippen LogP contribution in [0.4, 0.5) is 0 Å². The highest BCUT2D eigenvalue weighted by Crippen LogP contribution is 2.59. The lowest BCUT2D eigenvalue weighted by atomic mass is 9.76. The molecule has 0 unspecified atom stereocenters. The van der Waals surface area contributed by atoms with Crippen LogP contribution in [0.25, 0.3) is 0 Å². The van der Waals surface area contributed by atoms with Gasteiger partial charge >= 0.3 is 0 Å². The predicted octanol–water partition coefficient (Wildman–Crippen LogP) is 0.510. The molecule has 1 fully saturated rings. The smallest absolute Gasteiger partial charge is 0.157 e. The molecule has 282 valence electrons. The van der Waals surface area contributed by atoms with E-state index in [0.717, 1.165) is 36.4 Å². The first kappa shape index (κ1) is 36.0. The fourth-order valence-corrected chi connectivity index (χ4v) is 7.38. The van der Waals surface area contributed by atoms with Gasteiger partial charge in [-0.3, -0.25) is 0 Å². The molecule has 3 aliphatic rings. The molecule has 17 nitrogen and oxygen atoms in total. The lowest BCUT2D eigenvalue weighted by Gasteiger charge is -2.42. The lowest BCUT2D eigenvalue weighted by Crippen LogP contribution is -2.55. The van der Waals surface area contributed by atoms with Crippen LogP contribution in [0.15, 0.2) is 48.5 Å². The van der Waals surface area contributed by atoms with Crippen molar-refractivity contribution in [3.63, 3.8) is 0 Å². The number of rotatable bonds is 5. The van der Waals surface area contributed by atoms with E-state index in [1.807, 2.05) is 0 Å². The molecule has 1 saturated heterocycles. The first-order chi connectivity index (χ1) is 25.1. The molecule has 0 aromatic heterocycles. The van der Waals surface area contributed by atoms with Crippen molar-refractivity contribution < 1.29 is 85.7 Å². The summed E-state index contributed by atoms with van der Waals surface area (Å²) in [6, 6.07) is 9.03. The number of aromatic hydroxyl groups is 8. The largest absolute Gasteiger partial charge is 0.507 e. The Hall–Kier alpha value is -5.40. The molecule has 0 saturated carbocycles. The molecule has 3 aliphatic heterocycles. The first-order valence-electron chi connectivity index (χ1n) is 16.3. The standard InChI is InChI=1S/C36H36O17/c37-10-23-28(46)31(49)32(50)36(52-23)25-20(44)9-22-26(29(25)47)27(30(48)34(51-22)12-2-4-15(39)18(42)6-12)24-19(43)8-16(40)13-7-21(45)33(53-35(13)24)11-1-3-14(38)17(41)5-11/h1-6,8-9,21,23,27-28,30-34,36-50H,7,10H2/t21-,23+,27-,28+,30+,31-,32+,33+,34+,36-/m0/s1. The highest BCUT2D eigenvalue weighted by atomic mass is 16.5. The van der Waals surface area contributed by atoms with Gasteiger partial charge < -0.3 is 85.7 Å². The minimum atomic E-state index is -1.98. The Morgan fingerprint density at radius 1 is 0.528 bits per heavy atom. The van der Waals surface area contributed by atoms with Crippen LogP contribution in [0.1, 0.15) is 57.6 Å². The zero-order valence-corrected chi connectivity index (χ0v) is 27.3. The van der Waals surface area contributed by atoms with Gasteiger partial charge in [-0.05, 0) is 35.4 Å². The van der Waals surface area contributed by atoms with Crippen LogP contribution in [0.3, 0.4) is 0 Å². The quantitative estimate of drug-likeness (QED) is 0.124. The predicted molar refractivity (Wildman–Crippen MR) is 176 cm³/mol. The van der Waals surface area contributed by atoms with E-state index < -0.39 is 119 Å². The fraction of sp³-hybridized carbons (Fsp3) is 0.333. The summed E-state index contributed by atoms with van der Waals surface area (Å²) in [5, 5.41) is 151. The van der Waals surface area contributed by atoms with E-state index in [1.165, 1.54) is 12.1 Å². The third-order valence-corrected chi connectivity index (χ3v) is 10.1. The van der Waals surface area contributed by atoms with Crippen LogP contribution in [0, 0.1) is 0 Å². The number of fused-ring (bicyclic) bond motifs is 2. The summed E-state index contributed by atoms with van der Waals surface area (Å²) in [6.07, 6.45) is -15.2. The first-order valence-corrected chi connectivity index (χ1v) is 16.3. The highest BCUT2D eigenvalue weighted by molar-refractivity contribution is 5.68. The van der Waals surface area contributed by atoms with Gasteiger partial charge in [0.2, 0.25) is 0 Å². The van der Waals surface area contributed by atoms with Gasteiger partial charge in [0.05, 0.1) is 24.2 Å². The van der Waals surface area contributed by atoms with Gasteiger partial charge in [-0.15, -0.1) is 0 Å². The van der Waals surface area contributed by atoms with Gasteiger partial charge in [-0.2, -0.15) is 0 Å². The zero-order chi connectivity index (χ0) is 38.2. The number of ether oxygens (including phenoxy) is 3. The van der Waals surface area contributed by atoms with Crippen molar-refractivity contribution in [2.45, 2.75) is 67.3 Å². The van der Waals surface area contributed by atoms with Gasteiger partial charge in [-0.25, -0.2) is 0 Å². The number of phenols is 8. The minimum absolute atomic E-state index is 0.0453. The Morgan fingerprint density at radius 3 is 1.74 bits per heavy atom. The number of phenolic OH excluding ortho intramolecular Hbond substituents is 8. The SMILES string of the molecule is OC[C@H]1O[C@@H](c2c(O)cc3c(c2O)[C@H](c2c(O)cc(O)c4c2O[C@H](c2ccc(O)c(O)c2)[C@@H](O)C4)[C@@H](O)[C@@H](c2ccc(O)c(O)c2)O3)[C@H](O)[C@@H](O)[C@@H]1O. The Kier molecular flexibility index (Phi) is 8.98. The van der Waals surface area contributed by atoms with Crippen molar-refractivity contribution in [3.8, 4) is 57.5 Å². The summed E-state index contributed by atoms with van der Waals surface area (Å²) in [4.78, 5) is 0. The maximum atomic E-state index is 12.2. The van der Waals surface area contributed by atoms with E-state index in [2.05, 4.69) is 0 Å². The maximum Gasteiger partial charge on any atom is 0.157 e. The van der Waals surface area contributed by atoms with Gasteiger partial charge in [-0.1, -0.05) is 12.1 Å². The third-order valence-electron chi connectivity index (χ3n) is 10.1. The molecule has 0 bridgehead atoms. The second-order valence-electron chi connectivity index (χ2n) is 13.3. The molecule has 10 atom stereocenters. The van der Waals surface area contributed by atoms with Crippen molar-refractivity contribution >= 4 is 0 Å². The van der Waals surface area contributed by atoms with Crippen LogP contribution >= 0.6 is 0 Å². The molecule has 7 rings (SSSR count). The van der Waals surface area contributed by atoms with E-state index in [0.29, 0.717) is 0 Å². The Morgan fingerprint density at radius 2 is 1.13 bits per heavy atom. The van der Waals surface area contributed by atoms with Crippen molar-refractivity contribution in [1.82, 2.24) is 0 Å². The summed E-state index contributed by atoms with van der Waals surface area (Å²) in [5.74, 6) is -7.22. The highest BCUT2D eigenvalue weighted by Gasteiger charge is 2.50. The monoisotopic (exact) mass is 740 g/mol. The number of aliphatic hydroxyl groups is 6. The number of hydrogen-bond acceptors (Lipinski definition) is 17. The average molecular weight is 741 g/mol. The third kappa shape index (κ3) is 5.78. The van der Waals surface area contributed by atoms with E-state index >= 15 is 0 Å². The molecular formula is C36H36O17. The summed E-state index contributed by atoms with van der Waals surface area (Å²) in [7, 11) is 0. The van der Waals surface area contributed by atoms with Crippen molar-refractivity contribution in [2.75, 3.05) is 6.61 Å². The van der Waals surface area contributed by atoms with Crippen LogP contribution in [-0.4, -0.2) is 115 Å². The molecule has 0 radical (unpaired) electrons. The second-order valence-corrected chi connectivity index (χ2v) is 13.3. The lowest BCUT2D eigenvalue weighted by molar-refractivity contribution is -0.232. The van der Waals surface area contributed by atoms with E-state index in [1.54, 1.807) is 0 Å². The Balaban J connectivity index is 1.46. The number of hydrogen-bond donors (Lipinski definition) is 14. The average Bonchev–Trinajstić information content (AvgIpc) is 3.11. The molecule has 17 heteroatoms. The van der Waals surface area contributed by atoms with Gasteiger partial charge in [0, 0.05) is 35.2 Å². The van der Waals surface area contributed by atoms with Gasteiger partial charge in [0.1, 0.15) is 77.2 Å². The van der Waals surface area contributed by atoms with Crippen LogP contribution in [0.5, 0.6) is 57.5 Å². The molecule has 0 amide bonds. The van der Waals surface area contributed by atoms with Crippen molar-refractivity contribution in [2.24, 2.45) is 0 Å². The number of aliphatic hydroxyl groups excluding tert-OH is 6. The molecule has 3 heterocycles. The zero-order valence-electron chi connectivity index (χ0n) is 27.3. The fourth-order valence-electron chi connectivity index (χ4n) is 7.38. The Bertz CT molecular complexity index is 2070. The molecule has 0 spiro atoms. The Labute approximate surface area is 298 Å². The van der Waals surface area contributed by atoms with Crippen LogP contribution < -0.4 is 9.47 Å². The van der Waals surface area contributed by atoms with Gasteiger partial charge in [0.15, 0.2) is 29.1 Å².